The Balaban J connectivity index is 0.00000180. The zero-order valence-corrected chi connectivity index (χ0v) is 12.2. The van der Waals surface area contributed by atoms with Crippen LogP contribution in [0, 0.1) is 0 Å². The van der Waals surface area contributed by atoms with E-state index >= 15 is 0 Å². The second-order valence-corrected chi connectivity index (χ2v) is 4.20. The van der Waals surface area contributed by atoms with Crippen LogP contribution in [0.25, 0.3) is 0 Å². The molecule has 0 aliphatic rings. The van der Waals surface area contributed by atoms with Gasteiger partial charge in [0.25, 0.3) is 0 Å². The van der Waals surface area contributed by atoms with Crippen LogP contribution in [0.15, 0.2) is 60.0 Å². The van der Waals surface area contributed by atoms with Gasteiger partial charge in [-0.2, -0.15) is 0 Å². The molecule has 0 atom stereocenters. The first-order chi connectivity index (χ1) is 8.88. The molecule has 0 amide bonds. The van der Waals surface area contributed by atoms with Crippen molar-refractivity contribution in [1.82, 2.24) is 0 Å². The molecule has 100 valence electrons. The van der Waals surface area contributed by atoms with Crippen LogP contribution in [0.1, 0.15) is 17.5 Å². The van der Waals surface area contributed by atoms with Crippen molar-refractivity contribution in [3.63, 3.8) is 0 Å². The van der Waals surface area contributed by atoms with Gasteiger partial charge in [-0.15, -0.1) is 0 Å². The van der Waals surface area contributed by atoms with Crippen LogP contribution >= 0.6 is 0 Å². The Kier molecular flexibility index (Phi) is 6.82. The Morgan fingerprint density at radius 1 is 1.05 bits per heavy atom. The maximum absolute atomic E-state index is 8.42. The summed E-state index contributed by atoms with van der Waals surface area (Å²) in [7, 11) is 0. The molecule has 0 spiro atoms. The normalized spacial score (nSPS) is 10.3. The molecule has 1 N–H and O–H groups in total. The zero-order chi connectivity index (χ0) is 12.6. The summed E-state index contributed by atoms with van der Waals surface area (Å²) in [5.74, 6) is 0. The lowest BCUT2D eigenvalue weighted by Gasteiger charge is -1.99. The van der Waals surface area contributed by atoms with E-state index in [1.54, 1.807) is 0 Å². The van der Waals surface area contributed by atoms with Crippen molar-refractivity contribution in [3.05, 3.63) is 66.0 Å². The Labute approximate surface area is 124 Å². The van der Waals surface area contributed by atoms with Crippen molar-refractivity contribution in [3.8, 4) is 0 Å². The fourth-order valence-corrected chi connectivity index (χ4v) is 1.88. The lowest BCUT2D eigenvalue weighted by molar-refractivity contribution is -0.697. The van der Waals surface area contributed by atoms with Crippen molar-refractivity contribution >= 4 is 6.21 Å². The molecule has 19 heavy (non-hydrogen) atoms. The predicted octanol–water partition coefficient (Wildman–Crippen LogP) is -0.581. The molecule has 0 fully saturated rings. The van der Waals surface area contributed by atoms with Crippen molar-refractivity contribution in [1.29, 1.82) is 0 Å². The third-order valence-corrected chi connectivity index (χ3v) is 2.85. The largest absolute Gasteiger partial charge is 1.00 e. The average molecular weight is 321 g/mol. The average Bonchev–Trinajstić information content (AvgIpc) is 2.42. The molecule has 2 aromatic rings. The molecule has 0 saturated carbocycles. The standard InChI is InChI=1S/C15H16N2O.BrH/c18-16-13-15-8-11-17(12-9-15)10-4-7-14-5-2-1-3-6-14;/h1-3,5-6,8-9,11-13H,4,7,10H2;1H. The van der Waals surface area contributed by atoms with E-state index in [1.165, 1.54) is 11.8 Å². The second-order valence-electron chi connectivity index (χ2n) is 4.20. The van der Waals surface area contributed by atoms with Gasteiger partial charge in [0.15, 0.2) is 12.4 Å². The van der Waals surface area contributed by atoms with Crippen LogP contribution in [0.4, 0.5) is 0 Å². The van der Waals surface area contributed by atoms with Crippen molar-refractivity contribution < 1.29 is 26.8 Å². The molecule has 2 rings (SSSR count). The number of benzene rings is 1. The number of pyridine rings is 1. The highest BCUT2D eigenvalue weighted by molar-refractivity contribution is 5.78. The lowest BCUT2D eigenvalue weighted by atomic mass is 10.1. The first kappa shape index (κ1) is 15.4. The molecule has 3 nitrogen and oxygen atoms in total. The third-order valence-electron chi connectivity index (χ3n) is 2.85. The molecule has 0 bridgehead atoms. The number of oxime groups is 1. The Morgan fingerprint density at radius 3 is 2.37 bits per heavy atom. The van der Waals surface area contributed by atoms with Crippen molar-refractivity contribution in [2.75, 3.05) is 0 Å². The monoisotopic (exact) mass is 320 g/mol. The number of nitrogens with zero attached hydrogens (tertiary/aromatic N) is 2. The van der Waals surface area contributed by atoms with E-state index in [0.717, 1.165) is 24.9 Å². The summed E-state index contributed by atoms with van der Waals surface area (Å²) in [6.07, 6.45) is 7.63. The van der Waals surface area contributed by atoms with E-state index in [-0.39, 0.29) is 17.0 Å². The van der Waals surface area contributed by atoms with Gasteiger partial charge in [0.1, 0.15) is 6.54 Å². The Hall–Kier alpha value is -1.68. The minimum atomic E-state index is 0. The number of aromatic nitrogens is 1. The third kappa shape index (κ3) is 5.22. The van der Waals surface area contributed by atoms with Gasteiger partial charge in [0.2, 0.25) is 0 Å². The fraction of sp³-hybridized carbons (Fsp3) is 0.200. The van der Waals surface area contributed by atoms with E-state index in [4.69, 9.17) is 5.21 Å². The maximum atomic E-state index is 8.42. The van der Waals surface area contributed by atoms with E-state index < -0.39 is 0 Å². The quantitative estimate of drug-likeness (QED) is 0.340. The highest BCUT2D eigenvalue weighted by Crippen LogP contribution is 2.02. The molecule has 0 aliphatic heterocycles. The topological polar surface area (TPSA) is 36.5 Å². The van der Waals surface area contributed by atoms with Crippen LogP contribution in [0.5, 0.6) is 0 Å². The number of halogens is 1. The highest BCUT2D eigenvalue weighted by Gasteiger charge is 2.00. The number of rotatable bonds is 5. The second kappa shape index (κ2) is 8.43. The van der Waals surface area contributed by atoms with Gasteiger partial charge in [-0.25, -0.2) is 4.57 Å². The van der Waals surface area contributed by atoms with Gasteiger partial charge in [0, 0.05) is 24.1 Å². The minimum absolute atomic E-state index is 0. The van der Waals surface area contributed by atoms with Crippen molar-refractivity contribution in [2.45, 2.75) is 19.4 Å². The SMILES string of the molecule is O/N=C/c1cc[n+](CCCc2ccccc2)cc1.[Br-]. The van der Waals surface area contributed by atoms with Gasteiger partial charge in [-0.1, -0.05) is 35.5 Å². The molecular formula is C15H17BrN2O. The highest BCUT2D eigenvalue weighted by atomic mass is 79.9. The zero-order valence-electron chi connectivity index (χ0n) is 10.6. The molecule has 1 aromatic heterocycles. The molecule has 1 heterocycles. The maximum Gasteiger partial charge on any atom is 0.169 e. The van der Waals surface area contributed by atoms with Gasteiger partial charge in [-0.3, -0.25) is 0 Å². The summed E-state index contributed by atoms with van der Waals surface area (Å²) in [6.45, 7) is 0.992. The molecule has 0 unspecified atom stereocenters. The summed E-state index contributed by atoms with van der Waals surface area (Å²) < 4.78 is 2.14. The van der Waals surface area contributed by atoms with Gasteiger partial charge < -0.3 is 22.2 Å². The van der Waals surface area contributed by atoms with E-state index in [0.29, 0.717) is 0 Å². The van der Waals surface area contributed by atoms with Gasteiger partial charge in [-0.05, 0) is 12.0 Å². The van der Waals surface area contributed by atoms with Crippen LogP contribution in [0.3, 0.4) is 0 Å². The predicted molar refractivity (Wildman–Crippen MR) is 70.8 cm³/mol. The number of hydrogen-bond acceptors (Lipinski definition) is 2. The molecule has 4 heteroatoms. The molecule has 1 aromatic carbocycles. The summed E-state index contributed by atoms with van der Waals surface area (Å²) >= 11 is 0. The van der Waals surface area contributed by atoms with Crippen LogP contribution in [-0.2, 0) is 13.0 Å². The molecule has 0 saturated heterocycles. The molecule has 0 radical (unpaired) electrons. The van der Waals surface area contributed by atoms with Crippen LogP contribution in [-0.4, -0.2) is 11.4 Å². The van der Waals surface area contributed by atoms with Crippen LogP contribution < -0.4 is 21.5 Å². The number of hydrogen-bond donors (Lipinski definition) is 1. The van der Waals surface area contributed by atoms with Crippen molar-refractivity contribution in [2.24, 2.45) is 5.16 Å². The first-order valence-corrected chi connectivity index (χ1v) is 6.09. The Morgan fingerprint density at radius 2 is 1.74 bits per heavy atom. The van der Waals surface area contributed by atoms with E-state index in [1.807, 2.05) is 30.6 Å². The summed E-state index contributed by atoms with van der Waals surface area (Å²) in [5.41, 5.74) is 2.28. The van der Waals surface area contributed by atoms with Gasteiger partial charge >= 0.3 is 0 Å². The number of aryl methyl sites for hydroxylation is 2. The summed E-state index contributed by atoms with van der Waals surface area (Å²) in [4.78, 5) is 0. The summed E-state index contributed by atoms with van der Waals surface area (Å²) in [5, 5.41) is 11.4. The van der Waals surface area contributed by atoms with E-state index in [9.17, 15) is 0 Å². The Bertz CT molecular complexity index is 497. The van der Waals surface area contributed by atoms with Crippen LogP contribution in [0.2, 0.25) is 0 Å². The first-order valence-electron chi connectivity index (χ1n) is 6.09. The van der Waals surface area contributed by atoms with Gasteiger partial charge in [0.05, 0.1) is 6.21 Å². The smallest absolute Gasteiger partial charge is 0.169 e. The lowest BCUT2D eigenvalue weighted by Crippen LogP contribution is -3.00. The summed E-state index contributed by atoms with van der Waals surface area (Å²) in [6, 6.07) is 14.4. The van der Waals surface area contributed by atoms with E-state index in [2.05, 4.69) is 34.0 Å². The fourth-order valence-electron chi connectivity index (χ4n) is 1.88. The molecule has 0 aliphatic carbocycles. The molecular weight excluding hydrogens is 304 g/mol. The minimum Gasteiger partial charge on any atom is -1.00 e.